The van der Waals surface area contributed by atoms with E-state index in [0.717, 1.165) is 28.4 Å². The van der Waals surface area contributed by atoms with Crippen LogP contribution in [0, 0.1) is 5.92 Å². The zero-order valence-electron chi connectivity index (χ0n) is 22.4. The topological polar surface area (TPSA) is 40.6 Å². The van der Waals surface area contributed by atoms with E-state index in [1.807, 2.05) is 0 Å². The van der Waals surface area contributed by atoms with Gasteiger partial charge in [0.25, 0.3) is 11.8 Å². The first-order valence-electron chi connectivity index (χ1n) is 14.2. The van der Waals surface area contributed by atoms with E-state index >= 15 is 0 Å². The lowest BCUT2D eigenvalue weighted by molar-refractivity contribution is -0.123. The van der Waals surface area contributed by atoms with Gasteiger partial charge >= 0.3 is 0 Å². The Morgan fingerprint density at radius 2 is 0.973 bits per heavy atom. The van der Waals surface area contributed by atoms with Gasteiger partial charge in [0.1, 0.15) is 0 Å². The monoisotopic (exact) mass is 494 g/mol. The van der Waals surface area contributed by atoms with Crippen LogP contribution in [0.15, 0.2) is 59.7 Å². The molecule has 6 rings (SSSR count). The molecule has 2 aromatic rings. The van der Waals surface area contributed by atoms with E-state index in [0.29, 0.717) is 23.0 Å². The quantitative estimate of drug-likeness (QED) is 0.455. The predicted molar refractivity (Wildman–Crippen MR) is 148 cm³/mol. The number of amides is 2. The summed E-state index contributed by atoms with van der Waals surface area (Å²) in [6.45, 7) is 2.35. The summed E-state index contributed by atoms with van der Waals surface area (Å²) in [6.07, 6.45) is 11.5. The molecule has 0 radical (unpaired) electrons. The number of benzene rings is 2. The van der Waals surface area contributed by atoms with Crippen LogP contribution in [0.25, 0.3) is 11.4 Å². The van der Waals surface area contributed by atoms with Gasteiger partial charge in [-0.25, -0.2) is 0 Å². The molecule has 0 atom stereocenters. The molecule has 2 fully saturated rings. The molecule has 2 amide bonds. The molecule has 2 aliphatic carbocycles. The molecule has 2 saturated carbocycles. The number of carbonyl (C=O) groups excluding carboxylic acids is 2. The van der Waals surface area contributed by atoms with Gasteiger partial charge in [-0.05, 0) is 65.7 Å². The molecular formula is C33H38N2O2. The second-order valence-electron chi connectivity index (χ2n) is 11.7. The number of hydrogen-bond acceptors (Lipinski definition) is 2. The first-order valence-corrected chi connectivity index (χ1v) is 14.2. The molecule has 0 unspecified atom stereocenters. The Hall–Kier alpha value is -3.14. The molecule has 2 aromatic carbocycles. The van der Waals surface area contributed by atoms with E-state index < -0.39 is 0 Å². The third kappa shape index (κ3) is 4.15. The summed E-state index contributed by atoms with van der Waals surface area (Å²) in [6, 6.07) is 17.2. The van der Waals surface area contributed by atoms with Crippen LogP contribution < -0.4 is 0 Å². The van der Waals surface area contributed by atoms with Gasteiger partial charge in [-0.2, -0.15) is 0 Å². The van der Waals surface area contributed by atoms with Gasteiger partial charge in [0.15, 0.2) is 0 Å². The number of fused-ring (bicyclic) bond motifs is 1. The Morgan fingerprint density at radius 3 is 1.41 bits per heavy atom. The Morgan fingerprint density at radius 1 is 0.568 bits per heavy atom. The van der Waals surface area contributed by atoms with Gasteiger partial charge in [-0.15, -0.1) is 0 Å². The van der Waals surface area contributed by atoms with Gasteiger partial charge in [0.2, 0.25) is 0 Å². The Bertz CT molecular complexity index is 1270. The first-order chi connectivity index (χ1) is 17.9. The van der Waals surface area contributed by atoms with E-state index in [1.165, 1.54) is 68.9 Å². The first kappa shape index (κ1) is 24.2. The fourth-order valence-electron chi connectivity index (χ4n) is 7.06. The van der Waals surface area contributed by atoms with E-state index in [4.69, 9.17) is 0 Å². The van der Waals surface area contributed by atoms with Crippen LogP contribution >= 0.6 is 0 Å². The van der Waals surface area contributed by atoms with Gasteiger partial charge in [0, 0.05) is 14.1 Å². The van der Waals surface area contributed by atoms with Gasteiger partial charge in [-0.1, -0.05) is 87.6 Å². The lowest BCUT2D eigenvalue weighted by atomic mass is 9.79. The molecule has 37 heavy (non-hydrogen) atoms. The molecule has 0 saturated heterocycles. The average Bonchev–Trinajstić information content (AvgIpc) is 3.34. The molecule has 0 aromatic heterocycles. The van der Waals surface area contributed by atoms with Crippen molar-refractivity contribution in [3.8, 4) is 0 Å². The maximum Gasteiger partial charge on any atom is 0.261 e. The number of hydrogen-bond donors (Lipinski definition) is 0. The average molecular weight is 495 g/mol. The molecule has 4 nitrogen and oxygen atoms in total. The van der Waals surface area contributed by atoms with Crippen molar-refractivity contribution >= 4 is 23.2 Å². The van der Waals surface area contributed by atoms with Crippen molar-refractivity contribution in [2.45, 2.75) is 76.5 Å². The Kier molecular flexibility index (Phi) is 6.30. The molecule has 0 spiro atoms. The van der Waals surface area contributed by atoms with E-state index in [1.54, 1.807) is 23.9 Å². The SMILES string of the molecule is CN1C(=O)C2=C(c3ccc([C@H]4CC[C@H](C)CC4)cc3)N(C)C(=O)C2=C1c1ccc(C2CCCCC2)cc1. The van der Waals surface area contributed by atoms with Crippen molar-refractivity contribution in [3.63, 3.8) is 0 Å². The minimum atomic E-state index is -0.0978. The number of rotatable bonds is 4. The van der Waals surface area contributed by atoms with E-state index in [9.17, 15) is 9.59 Å². The molecule has 2 aliphatic heterocycles. The van der Waals surface area contributed by atoms with Crippen LogP contribution in [-0.4, -0.2) is 35.7 Å². The lowest BCUT2D eigenvalue weighted by Crippen LogP contribution is -2.25. The van der Waals surface area contributed by atoms with Crippen LogP contribution in [-0.2, 0) is 9.59 Å². The minimum absolute atomic E-state index is 0.0978. The van der Waals surface area contributed by atoms with E-state index in [2.05, 4.69) is 55.5 Å². The van der Waals surface area contributed by atoms with Crippen molar-refractivity contribution in [1.29, 1.82) is 0 Å². The normalized spacial score (nSPS) is 24.9. The zero-order valence-corrected chi connectivity index (χ0v) is 22.4. The van der Waals surface area contributed by atoms with Crippen LogP contribution in [0.4, 0.5) is 0 Å². The van der Waals surface area contributed by atoms with Crippen molar-refractivity contribution in [2.75, 3.05) is 14.1 Å². The van der Waals surface area contributed by atoms with Crippen molar-refractivity contribution in [2.24, 2.45) is 5.92 Å². The Balaban J connectivity index is 1.34. The second-order valence-corrected chi connectivity index (χ2v) is 11.7. The standard InChI is InChI=1S/C33H38N2O2/c1-21-9-11-23(12-10-21)25-15-19-27(20-16-25)31-29-28(32(36)35(31)3)30(34(2)33(29)37)26-17-13-24(14-18-26)22-7-5-4-6-8-22/h13-23H,4-12H2,1-3H3/t21-,23-. The maximum atomic E-state index is 13.6. The van der Waals surface area contributed by atoms with Gasteiger partial charge in [0.05, 0.1) is 22.5 Å². The zero-order chi connectivity index (χ0) is 25.7. The summed E-state index contributed by atoms with van der Waals surface area (Å²) >= 11 is 0. The number of nitrogens with zero attached hydrogens (tertiary/aromatic N) is 2. The van der Waals surface area contributed by atoms with Crippen molar-refractivity contribution in [3.05, 3.63) is 81.9 Å². The third-order valence-electron chi connectivity index (χ3n) is 9.36. The van der Waals surface area contributed by atoms with Crippen molar-refractivity contribution in [1.82, 2.24) is 9.80 Å². The van der Waals surface area contributed by atoms with Crippen LogP contribution in [0.3, 0.4) is 0 Å². The smallest absolute Gasteiger partial charge is 0.261 e. The second kappa shape index (κ2) is 9.63. The summed E-state index contributed by atoms with van der Waals surface area (Å²) < 4.78 is 0. The summed E-state index contributed by atoms with van der Waals surface area (Å²) in [4.78, 5) is 30.4. The fourth-order valence-corrected chi connectivity index (χ4v) is 7.06. The molecule has 0 N–H and O–H groups in total. The fraction of sp³-hybridized carbons (Fsp3) is 0.455. The highest BCUT2D eigenvalue weighted by molar-refractivity contribution is 6.30. The lowest BCUT2D eigenvalue weighted by Gasteiger charge is -2.26. The molecule has 4 aliphatic rings. The minimum Gasteiger partial charge on any atom is -0.310 e. The summed E-state index contributed by atoms with van der Waals surface area (Å²) in [7, 11) is 3.59. The third-order valence-corrected chi connectivity index (χ3v) is 9.36. The van der Waals surface area contributed by atoms with E-state index in [-0.39, 0.29) is 11.8 Å². The van der Waals surface area contributed by atoms with Crippen LogP contribution in [0.1, 0.15) is 98.8 Å². The predicted octanol–water partition coefficient (Wildman–Crippen LogP) is 7.09. The van der Waals surface area contributed by atoms with Crippen molar-refractivity contribution < 1.29 is 9.59 Å². The maximum absolute atomic E-state index is 13.6. The highest BCUT2D eigenvalue weighted by Gasteiger charge is 2.46. The van der Waals surface area contributed by atoms with Crippen LogP contribution in [0.2, 0.25) is 0 Å². The highest BCUT2D eigenvalue weighted by Crippen LogP contribution is 2.46. The molecule has 2 heterocycles. The van der Waals surface area contributed by atoms with Gasteiger partial charge < -0.3 is 9.80 Å². The molecule has 4 heteroatoms. The highest BCUT2D eigenvalue weighted by atomic mass is 16.2. The largest absolute Gasteiger partial charge is 0.310 e. The Labute approximate surface area is 221 Å². The summed E-state index contributed by atoms with van der Waals surface area (Å²) in [5.41, 5.74) is 7.16. The van der Waals surface area contributed by atoms with Crippen LogP contribution in [0.5, 0.6) is 0 Å². The molecule has 192 valence electrons. The summed E-state index contributed by atoms with van der Waals surface area (Å²) in [5.74, 6) is 1.88. The molecule has 0 bridgehead atoms. The molecular weight excluding hydrogens is 456 g/mol. The number of carbonyl (C=O) groups is 2. The summed E-state index contributed by atoms with van der Waals surface area (Å²) in [5, 5.41) is 0. The number of likely N-dealkylation sites (N-methyl/N-ethyl adjacent to an activating group) is 2. The van der Waals surface area contributed by atoms with Gasteiger partial charge in [-0.3, -0.25) is 9.59 Å².